The molecule has 0 aliphatic carbocycles. The fourth-order valence-corrected chi connectivity index (χ4v) is 2.00. The van der Waals surface area contributed by atoms with Crippen LogP contribution in [0.5, 0.6) is 0 Å². The molecule has 0 aromatic heterocycles. The third kappa shape index (κ3) is 2.50. The smallest absolute Gasteiger partial charge is 0.0367 e. The predicted octanol–water partition coefficient (Wildman–Crippen LogP) is 4.04. The number of aryl methyl sites for hydroxylation is 2. The van der Waals surface area contributed by atoms with E-state index in [4.69, 9.17) is 0 Å². The first kappa shape index (κ1) is 11.7. The van der Waals surface area contributed by atoms with Crippen LogP contribution < -0.4 is 4.90 Å². The molecule has 0 atom stereocenters. The van der Waals surface area contributed by atoms with Crippen LogP contribution in [0, 0.1) is 13.8 Å². The van der Waals surface area contributed by atoms with Gasteiger partial charge < -0.3 is 4.90 Å². The van der Waals surface area contributed by atoms with Gasteiger partial charge >= 0.3 is 0 Å². The van der Waals surface area contributed by atoms with Gasteiger partial charge in [-0.15, -0.1) is 0 Å². The number of benzene rings is 2. The van der Waals surface area contributed by atoms with Crippen LogP contribution in [-0.4, -0.2) is 14.1 Å². The fraction of sp³-hybridized carbons (Fsp3) is 0.250. The molecule has 88 valence electrons. The van der Waals surface area contributed by atoms with E-state index in [0.29, 0.717) is 0 Å². The van der Waals surface area contributed by atoms with Gasteiger partial charge in [0.05, 0.1) is 0 Å². The van der Waals surface area contributed by atoms with Crippen molar-refractivity contribution in [2.24, 2.45) is 0 Å². The number of anilines is 1. The summed E-state index contributed by atoms with van der Waals surface area (Å²) in [4.78, 5) is 2.13. The van der Waals surface area contributed by atoms with Gasteiger partial charge in [0, 0.05) is 19.8 Å². The van der Waals surface area contributed by atoms with Crippen molar-refractivity contribution in [3.63, 3.8) is 0 Å². The molecule has 2 rings (SSSR count). The molecule has 0 N–H and O–H groups in total. The lowest BCUT2D eigenvalue weighted by Crippen LogP contribution is -2.08. The molecule has 1 nitrogen and oxygen atoms in total. The van der Waals surface area contributed by atoms with Gasteiger partial charge in [-0.1, -0.05) is 35.9 Å². The number of hydrogen-bond acceptors (Lipinski definition) is 1. The number of nitrogens with zero attached hydrogens (tertiary/aromatic N) is 1. The normalized spacial score (nSPS) is 10.4. The Morgan fingerprint density at radius 3 is 2.35 bits per heavy atom. The zero-order valence-corrected chi connectivity index (χ0v) is 11.0. The van der Waals surface area contributed by atoms with Gasteiger partial charge in [-0.3, -0.25) is 0 Å². The topological polar surface area (TPSA) is 3.24 Å². The monoisotopic (exact) mass is 225 g/mol. The van der Waals surface area contributed by atoms with Crippen LogP contribution in [0.15, 0.2) is 42.5 Å². The molecule has 0 unspecified atom stereocenters. The van der Waals surface area contributed by atoms with Crippen molar-refractivity contribution in [2.75, 3.05) is 19.0 Å². The number of rotatable bonds is 2. The molecule has 1 heteroatoms. The standard InChI is InChI=1S/C16H19N/c1-12-8-9-13(2)16(10-12)14-6-5-7-15(11-14)17(3)4/h5-11H,1-4H3. The van der Waals surface area contributed by atoms with Gasteiger partial charge in [0.25, 0.3) is 0 Å². The van der Waals surface area contributed by atoms with E-state index in [1.54, 1.807) is 0 Å². The van der Waals surface area contributed by atoms with Crippen LogP contribution in [-0.2, 0) is 0 Å². The maximum Gasteiger partial charge on any atom is 0.0367 e. The lowest BCUT2D eigenvalue weighted by Gasteiger charge is -2.14. The Balaban J connectivity index is 2.52. The maximum atomic E-state index is 2.25. The van der Waals surface area contributed by atoms with E-state index >= 15 is 0 Å². The summed E-state index contributed by atoms with van der Waals surface area (Å²) in [5, 5.41) is 0. The Labute approximate surface area is 104 Å². The van der Waals surface area contributed by atoms with E-state index in [1.165, 1.54) is 27.9 Å². The van der Waals surface area contributed by atoms with Gasteiger partial charge in [0.15, 0.2) is 0 Å². The minimum absolute atomic E-state index is 1.24. The fourth-order valence-electron chi connectivity index (χ4n) is 2.00. The molecule has 0 radical (unpaired) electrons. The molecule has 0 bridgehead atoms. The Morgan fingerprint density at radius 2 is 1.65 bits per heavy atom. The lowest BCUT2D eigenvalue weighted by molar-refractivity contribution is 1.13. The summed E-state index contributed by atoms with van der Waals surface area (Å²) < 4.78 is 0. The highest BCUT2D eigenvalue weighted by Gasteiger charge is 2.03. The molecule has 0 spiro atoms. The Hall–Kier alpha value is -1.76. The summed E-state index contributed by atoms with van der Waals surface area (Å²) in [6, 6.07) is 15.3. The Bertz CT molecular complexity index is 527. The Kier molecular flexibility index (Phi) is 3.19. The summed E-state index contributed by atoms with van der Waals surface area (Å²) in [6.07, 6.45) is 0. The first-order chi connectivity index (χ1) is 8.08. The molecule has 0 saturated heterocycles. The van der Waals surface area contributed by atoms with E-state index in [2.05, 4.69) is 75.3 Å². The van der Waals surface area contributed by atoms with Crippen LogP contribution in [0.1, 0.15) is 11.1 Å². The molecule has 0 heterocycles. The van der Waals surface area contributed by atoms with Gasteiger partial charge in [-0.05, 0) is 42.7 Å². The molecule has 2 aromatic carbocycles. The van der Waals surface area contributed by atoms with Crippen LogP contribution in [0.25, 0.3) is 11.1 Å². The first-order valence-electron chi connectivity index (χ1n) is 5.93. The average Bonchev–Trinajstić information content (AvgIpc) is 2.32. The van der Waals surface area contributed by atoms with Gasteiger partial charge in [0.2, 0.25) is 0 Å². The summed E-state index contributed by atoms with van der Waals surface area (Å²) in [7, 11) is 4.14. The molecule has 17 heavy (non-hydrogen) atoms. The second-order valence-corrected chi connectivity index (χ2v) is 4.76. The van der Waals surface area contributed by atoms with Crippen LogP contribution in [0.2, 0.25) is 0 Å². The minimum Gasteiger partial charge on any atom is -0.378 e. The predicted molar refractivity (Wildman–Crippen MR) is 75.7 cm³/mol. The van der Waals surface area contributed by atoms with Gasteiger partial charge in [-0.25, -0.2) is 0 Å². The third-order valence-electron chi connectivity index (χ3n) is 3.07. The van der Waals surface area contributed by atoms with Crippen molar-refractivity contribution in [3.05, 3.63) is 53.6 Å². The van der Waals surface area contributed by atoms with Crippen molar-refractivity contribution in [1.29, 1.82) is 0 Å². The minimum atomic E-state index is 1.24. The van der Waals surface area contributed by atoms with E-state index in [9.17, 15) is 0 Å². The average molecular weight is 225 g/mol. The quantitative estimate of drug-likeness (QED) is 0.745. The van der Waals surface area contributed by atoms with Crippen molar-refractivity contribution in [1.82, 2.24) is 0 Å². The molecule has 0 aliphatic rings. The van der Waals surface area contributed by atoms with Gasteiger partial charge in [0.1, 0.15) is 0 Å². The Morgan fingerprint density at radius 1 is 0.882 bits per heavy atom. The van der Waals surface area contributed by atoms with Crippen molar-refractivity contribution in [3.8, 4) is 11.1 Å². The third-order valence-corrected chi connectivity index (χ3v) is 3.07. The van der Waals surface area contributed by atoms with Crippen molar-refractivity contribution >= 4 is 5.69 Å². The van der Waals surface area contributed by atoms with Gasteiger partial charge in [-0.2, -0.15) is 0 Å². The highest BCUT2D eigenvalue weighted by molar-refractivity contribution is 5.71. The van der Waals surface area contributed by atoms with Crippen LogP contribution >= 0.6 is 0 Å². The summed E-state index contributed by atoms with van der Waals surface area (Å²) in [6.45, 7) is 4.30. The summed E-state index contributed by atoms with van der Waals surface area (Å²) >= 11 is 0. The molecule has 0 fully saturated rings. The summed E-state index contributed by atoms with van der Waals surface area (Å²) in [5.41, 5.74) is 6.49. The first-order valence-corrected chi connectivity index (χ1v) is 5.93. The van der Waals surface area contributed by atoms with E-state index < -0.39 is 0 Å². The lowest BCUT2D eigenvalue weighted by atomic mass is 9.98. The molecule has 2 aromatic rings. The molecule has 0 aliphatic heterocycles. The van der Waals surface area contributed by atoms with Crippen LogP contribution in [0.4, 0.5) is 5.69 Å². The molecular formula is C16H19N. The zero-order chi connectivity index (χ0) is 12.4. The zero-order valence-electron chi connectivity index (χ0n) is 11.0. The van der Waals surface area contributed by atoms with Crippen molar-refractivity contribution in [2.45, 2.75) is 13.8 Å². The second-order valence-electron chi connectivity index (χ2n) is 4.76. The number of hydrogen-bond donors (Lipinski definition) is 0. The molecule has 0 saturated carbocycles. The largest absolute Gasteiger partial charge is 0.378 e. The highest BCUT2D eigenvalue weighted by Crippen LogP contribution is 2.27. The second kappa shape index (κ2) is 4.62. The summed E-state index contributed by atoms with van der Waals surface area (Å²) in [5.74, 6) is 0. The molecule has 0 amide bonds. The van der Waals surface area contributed by atoms with E-state index in [1.807, 2.05) is 0 Å². The van der Waals surface area contributed by atoms with Crippen LogP contribution in [0.3, 0.4) is 0 Å². The SMILES string of the molecule is Cc1ccc(C)c(-c2cccc(N(C)C)c2)c1. The highest BCUT2D eigenvalue weighted by atomic mass is 15.1. The van der Waals surface area contributed by atoms with Crippen molar-refractivity contribution < 1.29 is 0 Å². The van der Waals surface area contributed by atoms with E-state index in [-0.39, 0.29) is 0 Å². The maximum absolute atomic E-state index is 2.25. The van der Waals surface area contributed by atoms with E-state index in [0.717, 1.165) is 0 Å². The molecular weight excluding hydrogens is 206 g/mol.